The van der Waals surface area contributed by atoms with Crippen molar-refractivity contribution in [2.45, 2.75) is 0 Å². The summed E-state index contributed by atoms with van der Waals surface area (Å²) >= 11 is 9.43. The van der Waals surface area contributed by atoms with E-state index in [0.29, 0.717) is 10.7 Å². The molecule has 0 atom stereocenters. The molecule has 1 heterocycles. The van der Waals surface area contributed by atoms with Crippen LogP contribution in [0.3, 0.4) is 0 Å². The van der Waals surface area contributed by atoms with Crippen molar-refractivity contribution in [2.24, 2.45) is 0 Å². The largest absolute Gasteiger partial charge is 0.464 e. The fraction of sp³-hybridized carbons (Fsp3) is 0.0833. The van der Waals surface area contributed by atoms with Crippen LogP contribution in [-0.4, -0.2) is 17.6 Å². The van der Waals surface area contributed by atoms with Gasteiger partial charge in [0.2, 0.25) is 0 Å². The first-order valence-electron chi connectivity index (χ1n) is 4.84. The number of hydrogen-bond acceptors (Lipinski definition) is 2. The van der Waals surface area contributed by atoms with Crippen LogP contribution in [0.1, 0.15) is 10.5 Å². The fourth-order valence-electron chi connectivity index (χ4n) is 1.54. The van der Waals surface area contributed by atoms with Crippen LogP contribution in [0.25, 0.3) is 5.69 Å². The highest BCUT2D eigenvalue weighted by atomic mass is 79.9. The first-order valence-corrected chi connectivity index (χ1v) is 6.01. The van der Waals surface area contributed by atoms with E-state index >= 15 is 0 Å². The summed E-state index contributed by atoms with van der Waals surface area (Å²) in [5.74, 6) is -0.407. The summed E-state index contributed by atoms with van der Waals surface area (Å²) in [4.78, 5) is 11.6. The molecule has 17 heavy (non-hydrogen) atoms. The Morgan fingerprint density at radius 3 is 2.76 bits per heavy atom. The number of rotatable bonds is 2. The Kier molecular flexibility index (Phi) is 3.54. The maximum atomic E-state index is 11.6. The first-order chi connectivity index (χ1) is 8.13. The van der Waals surface area contributed by atoms with Gasteiger partial charge in [0.25, 0.3) is 0 Å². The smallest absolute Gasteiger partial charge is 0.355 e. The first kappa shape index (κ1) is 12.2. The van der Waals surface area contributed by atoms with Crippen molar-refractivity contribution in [3.63, 3.8) is 0 Å². The molecule has 1 aromatic carbocycles. The van der Waals surface area contributed by atoms with E-state index in [2.05, 4.69) is 15.9 Å². The Balaban J connectivity index is 2.60. The second kappa shape index (κ2) is 4.94. The predicted molar refractivity (Wildman–Crippen MR) is 69.8 cm³/mol. The highest BCUT2D eigenvalue weighted by molar-refractivity contribution is 9.10. The molecule has 0 saturated heterocycles. The van der Waals surface area contributed by atoms with Crippen LogP contribution in [-0.2, 0) is 4.74 Å². The number of hydrogen-bond donors (Lipinski definition) is 0. The number of carbonyl (C=O) groups is 1. The minimum Gasteiger partial charge on any atom is -0.464 e. The molecule has 0 spiro atoms. The van der Waals surface area contributed by atoms with Crippen LogP contribution in [0.2, 0.25) is 5.02 Å². The lowest BCUT2D eigenvalue weighted by Gasteiger charge is -2.08. The van der Waals surface area contributed by atoms with Crippen LogP contribution in [0.15, 0.2) is 41.0 Å². The molecule has 0 aliphatic rings. The van der Waals surface area contributed by atoms with Gasteiger partial charge in [0.1, 0.15) is 5.69 Å². The molecule has 0 aliphatic heterocycles. The van der Waals surface area contributed by atoms with E-state index in [1.807, 2.05) is 18.2 Å². The molecule has 0 fully saturated rings. The molecule has 2 aromatic rings. The van der Waals surface area contributed by atoms with E-state index in [9.17, 15) is 4.79 Å². The molecule has 0 radical (unpaired) electrons. The molecule has 0 aliphatic carbocycles. The van der Waals surface area contributed by atoms with Gasteiger partial charge in [-0.15, -0.1) is 0 Å². The van der Waals surface area contributed by atoms with Crippen LogP contribution in [0, 0.1) is 0 Å². The molecule has 5 heteroatoms. The number of aromatic nitrogens is 1. The van der Waals surface area contributed by atoms with Gasteiger partial charge in [-0.2, -0.15) is 0 Å². The minimum atomic E-state index is -0.407. The number of nitrogens with zero attached hydrogens (tertiary/aromatic N) is 1. The van der Waals surface area contributed by atoms with Gasteiger partial charge in [0, 0.05) is 10.7 Å². The molecule has 2 rings (SSSR count). The molecule has 3 nitrogen and oxygen atoms in total. The molecule has 0 N–H and O–H groups in total. The lowest BCUT2D eigenvalue weighted by Crippen LogP contribution is -2.08. The van der Waals surface area contributed by atoms with E-state index in [1.165, 1.54) is 7.11 Å². The van der Waals surface area contributed by atoms with Crippen molar-refractivity contribution >= 4 is 33.5 Å². The van der Waals surface area contributed by atoms with E-state index < -0.39 is 5.97 Å². The average molecular weight is 315 g/mol. The Morgan fingerprint density at radius 1 is 1.41 bits per heavy atom. The van der Waals surface area contributed by atoms with Crippen LogP contribution >= 0.6 is 27.5 Å². The molecule has 88 valence electrons. The molecular weight excluding hydrogens is 305 g/mol. The normalized spacial score (nSPS) is 10.3. The Labute approximate surface area is 112 Å². The topological polar surface area (TPSA) is 31.2 Å². The summed E-state index contributed by atoms with van der Waals surface area (Å²) in [6.45, 7) is 0. The van der Waals surface area contributed by atoms with Crippen molar-refractivity contribution in [3.05, 3.63) is 51.7 Å². The van der Waals surface area contributed by atoms with E-state index in [-0.39, 0.29) is 0 Å². The summed E-state index contributed by atoms with van der Waals surface area (Å²) in [5.41, 5.74) is 1.16. The van der Waals surface area contributed by atoms with Gasteiger partial charge < -0.3 is 9.30 Å². The number of carbonyl (C=O) groups excluding carboxylic acids is 1. The van der Waals surface area contributed by atoms with Crippen LogP contribution in [0.5, 0.6) is 0 Å². The molecule has 0 bridgehead atoms. The number of ether oxygens (including phenoxy) is 1. The number of benzene rings is 1. The van der Waals surface area contributed by atoms with Gasteiger partial charge in [0.15, 0.2) is 0 Å². The van der Waals surface area contributed by atoms with E-state index in [4.69, 9.17) is 16.3 Å². The maximum Gasteiger partial charge on any atom is 0.355 e. The van der Waals surface area contributed by atoms with Crippen molar-refractivity contribution in [2.75, 3.05) is 7.11 Å². The average Bonchev–Trinajstić information content (AvgIpc) is 2.71. The summed E-state index contributed by atoms with van der Waals surface area (Å²) in [5, 5.41) is 0.570. The third kappa shape index (κ3) is 2.37. The zero-order valence-corrected chi connectivity index (χ0v) is 11.3. The van der Waals surface area contributed by atoms with Gasteiger partial charge in [-0.25, -0.2) is 4.79 Å². The second-order valence-corrected chi connectivity index (χ2v) is 4.68. The summed E-state index contributed by atoms with van der Waals surface area (Å²) in [7, 11) is 1.35. The minimum absolute atomic E-state index is 0.407. The Morgan fingerprint density at radius 2 is 2.12 bits per heavy atom. The molecule has 1 aromatic heterocycles. The lowest BCUT2D eigenvalue weighted by molar-refractivity contribution is 0.0591. The van der Waals surface area contributed by atoms with Crippen molar-refractivity contribution < 1.29 is 9.53 Å². The van der Waals surface area contributed by atoms with Gasteiger partial charge in [0.05, 0.1) is 17.8 Å². The van der Waals surface area contributed by atoms with E-state index in [1.54, 1.807) is 22.9 Å². The monoisotopic (exact) mass is 313 g/mol. The number of methoxy groups -OCH3 is 1. The van der Waals surface area contributed by atoms with Gasteiger partial charge in [-0.05, 0) is 34.1 Å². The van der Waals surface area contributed by atoms with E-state index in [0.717, 1.165) is 10.2 Å². The fourth-order valence-corrected chi connectivity index (χ4v) is 2.19. The highest BCUT2D eigenvalue weighted by Crippen LogP contribution is 2.25. The lowest BCUT2D eigenvalue weighted by atomic mass is 10.3. The molecule has 0 saturated carbocycles. The zero-order valence-electron chi connectivity index (χ0n) is 8.98. The summed E-state index contributed by atoms with van der Waals surface area (Å²) in [6.07, 6.45) is 1.77. The van der Waals surface area contributed by atoms with Crippen LogP contribution < -0.4 is 0 Å². The van der Waals surface area contributed by atoms with Crippen molar-refractivity contribution in [1.82, 2.24) is 4.57 Å². The molecular formula is C12H9BrClNO2. The number of para-hydroxylation sites is 1. The summed E-state index contributed by atoms with van der Waals surface area (Å²) < 4.78 is 7.21. The number of esters is 1. The third-order valence-electron chi connectivity index (χ3n) is 2.29. The zero-order chi connectivity index (χ0) is 12.4. The molecule has 0 unspecified atom stereocenters. The van der Waals surface area contributed by atoms with Gasteiger partial charge >= 0.3 is 5.97 Å². The maximum absolute atomic E-state index is 11.6. The SMILES string of the molecule is COC(=O)c1cc(Br)cn1-c1ccccc1Cl. The van der Waals surface area contributed by atoms with Crippen molar-refractivity contribution in [3.8, 4) is 5.69 Å². The molecule has 0 amide bonds. The van der Waals surface area contributed by atoms with Gasteiger partial charge in [-0.3, -0.25) is 0 Å². The number of halogens is 2. The standard InChI is InChI=1S/C12H9BrClNO2/c1-17-12(16)11-6-8(13)7-15(11)10-5-3-2-4-9(10)14/h2-7H,1H3. The summed E-state index contributed by atoms with van der Waals surface area (Å²) in [6, 6.07) is 8.99. The second-order valence-electron chi connectivity index (χ2n) is 3.36. The highest BCUT2D eigenvalue weighted by Gasteiger charge is 2.15. The quantitative estimate of drug-likeness (QED) is 0.792. The van der Waals surface area contributed by atoms with Gasteiger partial charge in [-0.1, -0.05) is 23.7 Å². The Bertz CT molecular complexity index is 565. The predicted octanol–water partition coefficient (Wildman–Crippen LogP) is 3.68. The Hall–Kier alpha value is -1.26. The van der Waals surface area contributed by atoms with Crippen molar-refractivity contribution in [1.29, 1.82) is 0 Å². The third-order valence-corrected chi connectivity index (χ3v) is 3.05. The van der Waals surface area contributed by atoms with Crippen LogP contribution in [0.4, 0.5) is 0 Å².